The van der Waals surface area contributed by atoms with Crippen LogP contribution in [0.15, 0.2) is 18.2 Å². The van der Waals surface area contributed by atoms with Crippen molar-refractivity contribution in [1.82, 2.24) is 0 Å². The molecule has 1 aromatic rings. The molecule has 0 atom stereocenters. The van der Waals surface area contributed by atoms with Gasteiger partial charge >= 0.3 is 0 Å². The molecular formula is C15H23NO4S. The van der Waals surface area contributed by atoms with Crippen molar-refractivity contribution in [2.45, 2.75) is 38.7 Å². The van der Waals surface area contributed by atoms with E-state index in [1.807, 2.05) is 25.1 Å². The fraction of sp³-hybridized carbons (Fsp3) is 0.600. The molecule has 0 saturated heterocycles. The lowest BCUT2D eigenvalue weighted by Crippen LogP contribution is -2.26. The largest absolute Gasteiger partial charge is 0.493 e. The van der Waals surface area contributed by atoms with Crippen LogP contribution in [0.2, 0.25) is 0 Å². The number of nitrogens with zero attached hydrogens (tertiary/aromatic N) is 1. The highest BCUT2D eigenvalue weighted by atomic mass is 32.2. The molecule has 1 aliphatic carbocycles. The number of ether oxygens (including phenoxy) is 2. The highest BCUT2D eigenvalue weighted by Gasteiger charge is 2.22. The molecule has 5 nitrogen and oxygen atoms in total. The molecule has 0 aromatic heterocycles. The van der Waals surface area contributed by atoms with Crippen molar-refractivity contribution in [3.8, 4) is 11.5 Å². The van der Waals surface area contributed by atoms with Gasteiger partial charge in [-0.3, -0.25) is 0 Å². The fourth-order valence-corrected chi connectivity index (χ4v) is 3.32. The van der Waals surface area contributed by atoms with Crippen molar-refractivity contribution in [2.75, 3.05) is 24.4 Å². The quantitative estimate of drug-likeness (QED) is 0.784. The van der Waals surface area contributed by atoms with Gasteiger partial charge in [0.15, 0.2) is 22.2 Å². The summed E-state index contributed by atoms with van der Waals surface area (Å²) in [5.74, 6) is 1.30. The van der Waals surface area contributed by atoms with Crippen molar-refractivity contribution in [2.24, 2.45) is 0 Å². The molecular weight excluding hydrogens is 290 g/mol. The Morgan fingerprint density at radius 1 is 1.29 bits per heavy atom. The van der Waals surface area contributed by atoms with Crippen LogP contribution in [-0.2, 0) is 10.7 Å². The van der Waals surface area contributed by atoms with E-state index in [2.05, 4.69) is 0 Å². The van der Waals surface area contributed by atoms with Gasteiger partial charge in [0.05, 0.1) is 18.9 Å². The lowest BCUT2D eigenvalue weighted by molar-refractivity contribution is 0.201. The molecule has 0 N–H and O–H groups in total. The van der Waals surface area contributed by atoms with E-state index in [1.165, 1.54) is 12.8 Å². The first-order valence-electron chi connectivity index (χ1n) is 7.36. The topological polar surface area (TPSA) is 55.8 Å². The van der Waals surface area contributed by atoms with Gasteiger partial charge < -0.3 is 14.4 Å². The Morgan fingerprint density at radius 2 is 2.00 bits per heavy atom. The molecule has 0 bridgehead atoms. The highest BCUT2D eigenvalue weighted by molar-refractivity contribution is 7.72. The van der Waals surface area contributed by atoms with Crippen LogP contribution < -0.4 is 14.4 Å². The summed E-state index contributed by atoms with van der Waals surface area (Å²) in [6, 6.07) is 5.59. The Morgan fingerprint density at radius 3 is 2.57 bits per heavy atom. The van der Waals surface area contributed by atoms with Gasteiger partial charge in [-0.25, -0.2) is 8.42 Å². The van der Waals surface area contributed by atoms with Crippen LogP contribution in [0.1, 0.15) is 32.6 Å². The van der Waals surface area contributed by atoms with Crippen molar-refractivity contribution < 1.29 is 17.9 Å². The standard InChI is InChI=1S/C15H23NO4S/c1-3-16(11-21(17)18)13-9-6-10-14(19-2)15(13)20-12-7-4-5-8-12/h6,9-10,12,21H,3-5,7-8,11H2,1-2H3. The predicted octanol–water partition coefficient (Wildman–Crippen LogP) is 2.41. The Labute approximate surface area is 127 Å². The summed E-state index contributed by atoms with van der Waals surface area (Å²) in [5.41, 5.74) is 0.781. The van der Waals surface area contributed by atoms with Crippen molar-refractivity contribution in [3.05, 3.63) is 18.2 Å². The van der Waals surface area contributed by atoms with E-state index >= 15 is 0 Å². The minimum atomic E-state index is -2.48. The highest BCUT2D eigenvalue weighted by Crippen LogP contribution is 2.40. The fourth-order valence-electron chi connectivity index (χ4n) is 2.69. The van der Waals surface area contributed by atoms with Gasteiger partial charge in [0.25, 0.3) is 0 Å². The number of hydrogen-bond donors (Lipinski definition) is 1. The monoisotopic (exact) mass is 313 g/mol. The predicted molar refractivity (Wildman–Crippen MR) is 84.1 cm³/mol. The van der Waals surface area contributed by atoms with Gasteiger partial charge in [-0.2, -0.15) is 0 Å². The molecule has 1 saturated carbocycles. The first-order chi connectivity index (χ1) is 10.2. The van der Waals surface area contributed by atoms with Crippen LogP contribution in [0.25, 0.3) is 0 Å². The molecule has 0 amide bonds. The third-order valence-corrected chi connectivity index (χ3v) is 4.35. The maximum absolute atomic E-state index is 11.1. The van der Waals surface area contributed by atoms with Crippen molar-refractivity contribution >= 4 is 16.4 Å². The average Bonchev–Trinajstić information content (AvgIpc) is 2.98. The molecule has 2 rings (SSSR count). The van der Waals surface area contributed by atoms with E-state index in [0.29, 0.717) is 18.0 Å². The summed E-state index contributed by atoms with van der Waals surface area (Å²) < 4.78 is 33.7. The zero-order valence-corrected chi connectivity index (χ0v) is 13.5. The first kappa shape index (κ1) is 15.9. The van der Waals surface area contributed by atoms with Gasteiger partial charge in [0.1, 0.15) is 5.88 Å². The van der Waals surface area contributed by atoms with Crippen LogP contribution in [0.5, 0.6) is 11.5 Å². The van der Waals surface area contributed by atoms with Gasteiger partial charge in [-0.1, -0.05) is 6.07 Å². The second-order valence-electron chi connectivity index (χ2n) is 5.16. The smallest absolute Gasteiger partial charge is 0.184 e. The number of methoxy groups -OCH3 is 1. The molecule has 118 valence electrons. The van der Waals surface area contributed by atoms with Gasteiger partial charge in [0, 0.05) is 6.54 Å². The maximum atomic E-state index is 11.1. The molecule has 0 unspecified atom stereocenters. The first-order valence-corrected chi connectivity index (χ1v) is 8.72. The van der Waals surface area contributed by atoms with Crippen LogP contribution in [-0.4, -0.2) is 34.1 Å². The zero-order chi connectivity index (χ0) is 15.2. The van der Waals surface area contributed by atoms with Crippen molar-refractivity contribution in [1.29, 1.82) is 0 Å². The third kappa shape index (κ3) is 4.03. The van der Waals surface area contributed by atoms with Crippen LogP contribution in [0.3, 0.4) is 0 Å². The summed E-state index contributed by atoms with van der Waals surface area (Å²) in [6.07, 6.45) is 4.64. The van der Waals surface area contributed by atoms with Crippen LogP contribution in [0.4, 0.5) is 5.69 Å². The maximum Gasteiger partial charge on any atom is 0.184 e. The summed E-state index contributed by atoms with van der Waals surface area (Å²) in [5, 5.41) is 0. The van der Waals surface area contributed by atoms with Gasteiger partial charge in [0.2, 0.25) is 0 Å². The number of hydrogen-bond acceptors (Lipinski definition) is 5. The lowest BCUT2D eigenvalue weighted by Gasteiger charge is -2.26. The molecule has 0 radical (unpaired) electrons. The summed E-state index contributed by atoms with van der Waals surface area (Å²) >= 11 is 0. The summed E-state index contributed by atoms with van der Waals surface area (Å²) in [6.45, 7) is 2.52. The number of rotatable bonds is 7. The Hall–Kier alpha value is -1.43. The second kappa shape index (κ2) is 7.54. The Kier molecular flexibility index (Phi) is 5.73. The zero-order valence-electron chi connectivity index (χ0n) is 12.6. The number of anilines is 1. The van der Waals surface area contributed by atoms with Crippen LogP contribution >= 0.6 is 0 Å². The van der Waals surface area contributed by atoms with E-state index in [4.69, 9.17) is 9.47 Å². The van der Waals surface area contributed by atoms with Gasteiger partial charge in [-0.15, -0.1) is 0 Å². The average molecular weight is 313 g/mol. The molecule has 6 heteroatoms. The van der Waals surface area contributed by atoms with Gasteiger partial charge in [-0.05, 0) is 44.7 Å². The molecule has 1 aromatic carbocycles. The molecule has 1 fully saturated rings. The molecule has 1 aliphatic rings. The third-order valence-electron chi connectivity index (χ3n) is 3.77. The molecule has 21 heavy (non-hydrogen) atoms. The summed E-state index contributed by atoms with van der Waals surface area (Å²) in [7, 11) is -0.879. The number of benzene rings is 1. The molecule has 0 spiro atoms. The van der Waals surface area contributed by atoms with Crippen LogP contribution in [0, 0.1) is 0 Å². The van der Waals surface area contributed by atoms with E-state index in [9.17, 15) is 8.42 Å². The normalized spacial score (nSPS) is 15.4. The second-order valence-corrected chi connectivity index (χ2v) is 6.11. The lowest BCUT2D eigenvalue weighted by atomic mass is 10.2. The minimum Gasteiger partial charge on any atom is -0.493 e. The SMILES string of the molecule is CCN(C[SH](=O)=O)c1cccc(OC)c1OC1CCCC1. The van der Waals surface area contributed by atoms with E-state index in [1.54, 1.807) is 12.0 Å². The number of para-hydroxylation sites is 1. The van der Waals surface area contributed by atoms with E-state index in [0.717, 1.165) is 18.5 Å². The molecule has 0 aliphatic heterocycles. The van der Waals surface area contributed by atoms with E-state index < -0.39 is 10.7 Å². The Balaban J connectivity index is 2.33. The minimum absolute atomic E-state index is 0.0139. The number of thiol groups is 1. The molecule has 0 heterocycles. The van der Waals surface area contributed by atoms with Crippen molar-refractivity contribution in [3.63, 3.8) is 0 Å². The summed E-state index contributed by atoms with van der Waals surface area (Å²) in [4.78, 5) is 1.79. The Bertz CT molecular complexity index is 530. The van der Waals surface area contributed by atoms with E-state index in [-0.39, 0.29) is 12.0 Å².